The number of anilines is 2. The van der Waals surface area contributed by atoms with Gasteiger partial charge in [-0.05, 0) is 32.3 Å². The number of piperidine rings is 1. The summed E-state index contributed by atoms with van der Waals surface area (Å²) in [4.78, 5) is 21.5. The maximum atomic E-state index is 10.8. The zero-order valence-electron chi connectivity index (χ0n) is 10.5. The van der Waals surface area contributed by atoms with Gasteiger partial charge < -0.3 is 15.3 Å². The molecule has 2 heterocycles. The van der Waals surface area contributed by atoms with Crippen LogP contribution in [0.25, 0.3) is 0 Å². The second-order valence-corrected chi connectivity index (χ2v) is 4.49. The van der Waals surface area contributed by atoms with E-state index in [9.17, 15) is 4.79 Å². The van der Waals surface area contributed by atoms with Crippen LogP contribution >= 0.6 is 0 Å². The summed E-state index contributed by atoms with van der Waals surface area (Å²) in [6.07, 6.45) is 5.23. The molecular formula is C12H18N4O2. The Morgan fingerprint density at radius 1 is 1.44 bits per heavy atom. The van der Waals surface area contributed by atoms with E-state index in [1.54, 1.807) is 19.2 Å². The number of carboxylic acid groups (broad SMARTS) is 1. The van der Waals surface area contributed by atoms with Crippen molar-refractivity contribution in [3.8, 4) is 0 Å². The minimum Gasteiger partial charge on any atom is -0.480 e. The Bertz CT molecular complexity index is 418. The van der Waals surface area contributed by atoms with Crippen LogP contribution < -0.4 is 10.2 Å². The van der Waals surface area contributed by atoms with Crippen molar-refractivity contribution in [2.45, 2.75) is 32.2 Å². The number of rotatable bonds is 4. The Labute approximate surface area is 106 Å². The lowest BCUT2D eigenvalue weighted by molar-refractivity contribution is -0.137. The molecule has 0 radical (unpaired) electrons. The normalized spacial score (nSPS) is 17.3. The number of carboxylic acids is 1. The predicted octanol–water partition coefficient (Wildman–Crippen LogP) is 1.35. The van der Waals surface area contributed by atoms with E-state index >= 15 is 0 Å². The molecule has 6 heteroatoms. The fourth-order valence-electron chi connectivity index (χ4n) is 1.96. The summed E-state index contributed by atoms with van der Waals surface area (Å²) in [6, 6.07) is 1.03. The molecule has 1 fully saturated rings. The van der Waals surface area contributed by atoms with Crippen LogP contribution in [-0.2, 0) is 4.79 Å². The molecule has 1 aromatic rings. The van der Waals surface area contributed by atoms with Gasteiger partial charge in [0.25, 0.3) is 0 Å². The highest BCUT2D eigenvalue weighted by Gasteiger charge is 2.15. The summed E-state index contributed by atoms with van der Waals surface area (Å²) in [6.45, 7) is 3.53. The number of hydrogen-bond acceptors (Lipinski definition) is 5. The molecule has 0 unspecified atom stereocenters. The SMILES string of the molecule is C[C@@H](Nc1ccnc(N2CCCCC2)n1)C(=O)O. The Balaban J connectivity index is 2.06. The average Bonchev–Trinajstić information content (AvgIpc) is 2.40. The van der Waals surface area contributed by atoms with Gasteiger partial charge in [-0.1, -0.05) is 0 Å². The second-order valence-electron chi connectivity index (χ2n) is 4.49. The Morgan fingerprint density at radius 3 is 2.83 bits per heavy atom. The first-order chi connectivity index (χ1) is 8.66. The molecule has 0 spiro atoms. The van der Waals surface area contributed by atoms with Crippen molar-refractivity contribution < 1.29 is 9.90 Å². The van der Waals surface area contributed by atoms with E-state index in [2.05, 4.69) is 20.2 Å². The third-order valence-corrected chi connectivity index (χ3v) is 3.02. The van der Waals surface area contributed by atoms with Gasteiger partial charge >= 0.3 is 5.97 Å². The maximum Gasteiger partial charge on any atom is 0.325 e. The van der Waals surface area contributed by atoms with Crippen LogP contribution in [0.3, 0.4) is 0 Å². The van der Waals surface area contributed by atoms with Crippen LogP contribution in [0, 0.1) is 0 Å². The van der Waals surface area contributed by atoms with Crippen LogP contribution in [0.15, 0.2) is 12.3 Å². The van der Waals surface area contributed by atoms with Crippen molar-refractivity contribution in [2.24, 2.45) is 0 Å². The van der Waals surface area contributed by atoms with Crippen molar-refractivity contribution in [3.63, 3.8) is 0 Å². The van der Waals surface area contributed by atoms with Gasteiger partial charge in [-0.25, -0.2) is 4.98 Å². The van der Waals surface area contributed by atoms with Crippen molar-refractivity contribution in [1.29, 1.82) is 0 Å². The Kier molecular flexibility index (Phi) is 3.96. The van der Waals surface area contributed by atoms with Gasteiger partial charge in [-0.3, -0.25) is 4.79 Å². The second kappa shape index (κ2) is 5.66. The van der Waals surface area contributed by atoms with E-state index in [0.29, 0.717) is 11.8 Å². The predicted molar refractivity (Wildman–Crippen MR) is 68.8 cm³/mol. The highest BCUT2D eigenvalue weighted by atomic mass is 16.4. The third kappa shape index (κ3) is 3.09. The summed E-state index contributed by atoms with van der Waals surface area (Å²) in [5.41, 5.74) is 0. The number of aliphatic carboxylic acids is 1. The monoisotopic (exact) mass is 250 g/mol. The van der Waals surface area contributed by atoms with Gasteiger partial charge in [-0.15, -0.1) is 0 Å². The van der Waals surface area contributed by atoms with E-state index in [0.717, 1.165) is 25.9 Å². The Morgan fingerprint density at radius 2 is 2.17 bits per heavy atom. The molecule has 2 N–H and O–H groups in total. The lowest BCUT2D eigenvalue weighted by Crippen LogP contribution is -2.31. The van der Waals surface area contributed by atoms with E-state index in [4.69, 9.17) is 5.11 Å². The zero-order chi connectivity index (χ0) is 13.0. The first-order valence-corrected chi connectivity index (χ1v) is 6.24. The van der Waals surface area contributed by atoms with Gasteiger partial charge in [0, 0.05) is 19.3 Å². The van der Waals surface area contributed by atoms with Crippen molar-refractivity contribution in [3.05, 3.63) is 12.3 Å². The fraction of sp³-hybridized carbons (Fsp3) is 0.583. The molecule has 1 aromatic heterocycles. The first-order valence-electron chi connectivity index (χ1n) is 6.24. The number of nitrogens with one attached hydrogen (secondary N) is 1. The van der Waals surface area contributed by atoms with E-state index in [1.807, 2.05) is 0 Å². The topological polar surface area (TPSA) is 78.4 Å². The minimum absolute atomic E-state index is 0.556. The Hall–Kier alpha value is -1.85. The average molecular weight is 250 g/mol. The number of aromatic nitrogens is 2. The highest BCUT2D eigenvalue weighted by Crippen LogP contribution is 2.17. The molecule has 1 aliphatic heterocycles. The van der Waals surface area contributed by atoms with Crippen molar-refractivity contribution in [1.82, 2.24) is 9.97 Å². The van der Waals surface area contributed by atoms with Crippen LogP contribution in [0.2, 0.25) is 0 Å². The molecule has 18 heavy (non-hydrogen) atoms. The molecule has 0 bridgehead atoms. The van der Waals surface area contributed by atoms with E-state index in [1.165, 1.54) is 6.42 Å². The minimum atomic E-state index is -0.895. The number of hydrogen-bond donors (Lipinski definition) is 2. The largest absolute Gasteiger partial charge is 0.480 e. The molecule has 1 saturated heterocycles. The van der Waals surface area contributed by atoms with Gasteiger partial charge in [-0.2, -0.15) is 4.98 Å². The molecular weight excluding hydrogens is 232 g/mol. The molecule has 0 amide bonds. The summed E-state index contributed by atoms with van der Waals surface area (Å²) in [5, 5.41) is 11.7. The standard InChI is InChI=1S/C12H18N4O2/c1-9(11(17)18)14-10-5-6-13-12(15-10)16-7-3-2-4-8-16/h5-6,9H,2-4,7-8H2,1H3,(H,17,18)(H,13,14,15)/t9-/m1/s1. The lowest BCUT2D eigenvalue weighted by atomic mass is 10.1. The molecule has 1 aliphatic rings. The highest BCUT2D eigenvalue weighted by molar-refractivity contribution is 5.76. The van der Waals surface area contributed by atoms with E-state index < -0.39 is 12.0 Å². The van der Waals surface area contributed by atoms with Crippen LogP contribution in [-0.4, -0.2) is 40.2 Å². The van der Waals surface area contributed by atoms with Gasteiger partial charge in [0.2, 0.25) is 5.95 Å². The van der Waals surface area contributed by atoms with E-state index in [-0.39, 0.29) is 0 Å². The lowest BCUT2D eigenvalue weighted by Gasteiger charge is -2.26. The molecule has 2 rings (SSSR count). The fourth-order valence-corrected chi connectivity index (χ4v) is 1.96. The smallest absolute Gasteiger partial charge is 0.325 e. The summed E-state index contributed by atoms with van der Waals surface area (Å²) >= 11 is 0. The summed E-state index contributed by atoms with van der Waals surface area (Å²) in [7, 11) is 0. The van der Waals surface area contributed by atoms with Crippen molar-refractivity contribution >= 4 is 17.7 Å². The summed E-state index contributed by atoms with van der Waals surface area (Å²) < 4.78 is 0. The van der Waals surface area contributed by atoms with Crippen LogP contribution in [0.5, 0.6) is 0 Å². The van der Waals surface area contributed by atoms with Gasteiger partial charge in [0.05, 0.1) is 0 Å². The van der Waals surface area contributed by atoms with Crippen molar-refractivity contribution in [2.75, 3.05) is 23.3 Å². The zero-order valence-corrected chi connectivity index (χ0v) is 10.5. The summed E-state index contributed by atoms with van der Waals surface area (Å²) in [5.74, 6) is 0.339. The number of carbonyl (C=O) groups is 1. The molecule has 1 atom stereocenters. The molecule has 6 nitrogen and oxygen atoms in total. The first kappa shape index (κ1) is 12.6. The van der Waals surface area contributed by atoms with Crippen LogP contribution in [0.4, 0.5) is 11.8 Å². The third-order valence-electron chi connectivity index (χ3n) is 3.02. The van der Waals surface area contributed by atoms with Crippen LogP contribution in [0.1, 0.15) is 26.2 Å². The van der Waals surface area contributed by atoms with Gasteiger partial charge in [0.15, 0.2) is 0 Å². The molecule has 98 valence electrons. The molecule has 0 saturated carbocycles. The maximum absolute atomic E-state index is 10.8. The molecule has 0 aliphatic carbocycles. The molecule has 0 aromatic carbocycles. The van der Waals surface area contributed by atoms with Gasteiger partial charge in [0.1, 0.15) is 11.9 Å². The quantitative estimate of drug-likeness (QED) is 0.840. The number of nitrogens with zero attached hydrogens (tertiary/aromatic N) is 3.